The molecule has 2 aromatic rings. The first-order chi connectivity index (χ1) is 17.3. The Bertz CT molecular complexity index is 1190. The van der Waals surface area contributed by atoms with Crippen LogP contribution in [0.25, 0.3) is 11.6 Å². The molecular formula is C28H37N5O3. The molecule has 1 aromatic carbocycles. The maximum Gasteiger partial charge on any atom is 0.256 e. The number of carbonyl (C=O) groups excluding carboxylic acids is 3. The van der Waals surface area contributed by atoms with Crippen LogP contribution in [0.15, 0.2) is 18.2 Å². The lowest BCUT2D eigenvalue weighted by molar-refractivity contribution is -0.110. The Morgan fingerprint density at radius 3 is 2.53 bits per heavy atom. The zero-order valence-corrected chi connectivity index (χ0v) is 21.8. The van der Waals surface area contributed by atoms with Crippen molar-refractivity contribution in [2.45, 2.75) is 47.0 Å². The number of aromatic amines is 1. The average Bonchev–Trinajstić information content (AvgIpc) is 3.35. The lowest BCUT2D eigenvalue weighted by Crippen LogP contribution is -2.35. The minimum atomic E-state index is -0.218. The molecule has 1 fully saturated rings. The van der Waals surface area contributed by atoms with Gasteiger partial charge >= 0.3 is 0 Å². The molecule has 0 saturated carbocycles. The molecule has 1 aromatic heterocycles. The summed E-state index contributed by atoms with van der Waals surface area (Å²) in [5, 5.41) is 5.92. The molecule has 36 heavy (non-hydrogen) atoms. The number of anilines is 1. The second-order valence-electron chi connectivity index (χ2n) is 9.57. The number of piperidine rings is 1. The number of likely N-dealkylation sites (tertiary alicyclic amines) is 1. The number of fused-ring (bicyclic) bond motifs is 1. The van der Waals surface area contributed by atoms with E-state index in [-0.39, 0.29) is 17.7 Å². The molecule has 2 aliphatic rings. The van der Waals surface area contributed by atoms with Crippen LogP contribution in [0.5, 0.6) is 0 Å². The van der Waals surface area contributed by atoms with E-state index >= 15 is 0 Å². The van der Waals surface area contributed by atoms with Gasteiger partial charge in [0.05, 0.1) is 11.1 Å². The normalized spacial score (nSPS) is 16.4. The zero-order valence-electron chi connectivity index (χ0n) is 21.8. The summed E-state index contributed by atoms with van der Waals surface area (Å²) in [4.78, 5) is 46.2. The number of H-pyrrole nitrogens is 1. The second-order valence-corrected chi connectivity index (χ2v) is 9.57. The van der Waals surface area contributed by atoms with Crippen molar-refractivity contribution in [1.82, 2.24) is 20.1 Å². The summed E-state index contributed by atoms with van der Waals surface area (Å²) in [6.07, 6.45) is 4.99. The molecule has 3 heterocycles. The quantitative estimate of drug-likeness (QED) is 0.489. The van der Waals surface area contributed by atoms with Crippen molar-refractivity contribution in [2.24, 2.45) is 0 Å². The van der Waals surface area contributed by atoms with Crippen LogP contribution in [0.2, 0.25) is 0 Å². The highest BCUT2D eigenvalue weighted by Crippen LogP contribution is 2.35. The molecular weight excluding hydrogens is 454 g/mol. The topological polar surface area (TPSA) is 97.5 Å². The number of nitrogens with zero attached hydrogens (tertiary/aromatic N) is 2. The second kappa shape index (κ2) is 11.1. The fourth-order valence-electron chi connectivity index (χ4n) is 5.10. The van der Waals surface area contributed by atoms with Gasteiger partial charge in [-0.15, -0.1) is 0 Å². The number of carbonyl (C=O) groups is 3. The molecule has 3 amide bonds. The van der Waals surface area contributed by atoms with Crippen LogP contribution in [0.1, 0.15) is 76.3 Å². The largest absolute Gasteiger partial charge is 0.358 e. The van der Waals surface area contributed by atoms with Gasteiger partial charge in [0.25, 0.3) is 17.7 Å². The van der Waals surface area contributed by atoms with Gasteiger partial charge in [-0.2, -0.15) is 0 Å². The minimum Gasteiger partial charge on any atom is -0.358 e. The van der Waals surface area contributed by atoms with Crippen molar-refractivity contribution < 1.29 is 14.4 Å². The van der Waals surface area contributed by atoms with Crippen molar-refractivity contribution in [3.63, 3.8) is 0 Å². The number of rotatable bonds is 8. The van der Waals surface area contributed by atoms with Crippen molar-refractivity contribution in [2.75, 3.05) is 44.6 Å². The fourth-order valence-corrected chi connectivity index (χ4v) is 5.10. The third-order valence-electron chi connectivity index (χ3n) is 7.29. The molecule has 0 radical (unpaired) electrons. The number of aromatic nitrogens is 1. The highest BCUT2D eigenvalue weighted by molar-refractivity contribution is 6.35. The van der Waals surface area contributed by atoms with Gasteiger partial charge in [-0.25, -0.2) is 0 Å². The number of aryl methyl sites for hydroxylation is 1. The minimum absolute atomic E-state index is 0.00627. The molecule has 192 valence electrons. The SMILES string of the molecule is CCN(CC)CCNC(=O)c1c(C)[nH]c(C=C2C(=O)Nc3ccc(C(=O)N4CCCCC4)cc32)c1C. The van der Waals surface area contributed by atoms with Crippen LogP contribution in [0.4, 0.5) is 5.69 Å². The first-order valence-electron chi connectivity index (χ1n) is 13.0. The van der Waals surface area contributed by atoms with Crippen molar-refractivity contribution in [1.29, 1.82) is 0 Å². The Balaban J connectivity index is 1.57. The molecule has 8 heteroatoms. The molecule has 8 nitrogen and oxygen atoms in total. The highest BCUT2D eigenvalue weighted by atomic mass is 16.2. The van der Waals surface area contributed by atoms with Crippen molar-refractivity contribution >= 4 is 35.1 Å². The van der Waals surface area contributed by atoms with Gasteiger partial charge in [-0.05, 0) is 76.0 Å². The summed E-state index contributed by atoms with van der Waals surface area (Å²) in [6.45, 7) is 12.8. The number of benzene rings is 1. The van der Waals surface area contributed by atoms with Gasteiger partial charge in [0.1, 0.15) is 0 Å². The van der Waals surface area contributed by atoms with E-state index in [1.165, 1.54) is 0 Å². The van der Waals surface area contributed by atoms with Crippen LogP contribution >= 0.6 is 0 Å². The third-order valence-corrected chi connectivity index (χ3v) is 7.29. The number of likely N-dealkylation sites (N-methyl/N-ethyl adjacent to an activating group) is 1. The summed E-state index contributed by atoms with van der Waals surface area (Å²) in [5.74, 6) is -0.333. The molecule has 1 saturated heterocycles. The van der Waals surface area contributed by atoms with E-state index in [4.69, 9.17) is 0 Å². The van der Waals surface area contributed by atoms with E-state index in [0.717, 1.165) is 63.2 Å². The predicted molar refractivity (Wildman–Crippen MR) is 143 cm³/mol. The zero-order chi connectivity index (χ0) is 25.8. The van der Waals surface area contributed by atoms with Gasteiger partial charge in [0.15, 0.2) is 0 Å². The summed E-state index contributed by atoms with van der Waals surface area (Å²) in [5.41, 5.74) is 5.34. The van der Waals surface area contributed by atoms with Crippen molar-refractivity contribution in [3.05, 3.63) is 51.8 Å². The first-order valence-corrected chi connectivity index (χ1v) is 13.0. The number of amides is 3. The van der Waals surface area contributed by atoms with E-state index in [1.807, 2.05) is 24.8 Å². The Kier molecular flexibility index (Phi) is 7.94. The summed E-state index contributed by atoms with van der Waals surface area (Å²) in [6, 6.07) is 5.39. The molecule has 0 aliphatic carbocycles. The van der Waals surface area contributed by atoms with E-state index in [0.29, 0.717) is 40.2 Å². The molecule has 3 N–H and O–H groups in total. The van der Waals surface area contributed by atoms with Crippen LogP contribution in [0, 0.1) is 13.8 Å². The third kappa shape index (κ3) is 5.23. The molecule has 0 spiro atoms. The van der Waals surface area contributed by atoms with Crippen LogP contribution in [0.3, 0.4) is 0 Å². The van der Waals surface area contributed by atoms with Gasteiger partial charge in [0, 0.05) is 54.4 Å². The predicted octanol–water partition coefficient (Wildman–Crippen LogP) is 3.82. The van der Waals surface area contributed by atoms with E-state index < -0.39 is 0 Å². The Morgan fingerprint density at radius 2 is 1.83 bits per heavy atom. The monoisotopic (exact) mass is 491 g/mol. The Morgan fingerprint density at radius 1 is 1.11 bits per heavy atom. The van der Waals surface area contributed by atoms with Crippen LogP contribution in [-0.4, -0.2) is 71.8 Å². The summed E-state index contributed by atoms with van der Waals surface area (Å²) >= 11 is 0. The number of hydrogen-bond donors (Lipinski definition) is 3. The van der Waals surface area contributed by atoms with Gasteiger partial charge in [-0.1, -0.05) is 13.8 Å². The number of hydrogen-bond acceptors (Lipinski definition) is 4. The van der Waals surface area contributed by atoms with Crippen LogP contribution < -0.4 is 10.6 Å². The van der Waals surface area contributed by atoms with Crippen LogP contribution in [-0.2, 0) is 4.79 Å². The maximum absolute atomic E-state index is 13.0. The number of nitrogens with one attached hydrogen (secondary N) is 3. The van der Waals surface area contributed by atoms with E-state index in [9.17, 15) is 14.4 Å². The average molecular weight is 492 g/mol. The Labute approximate surface area is 213 Å². The summed E-state index contributed by atoms with van der Waals surface area (Å²) < 4.78 is 0. The molecule has 0 unspecified atom stereocenters. The van der Waals surface area contributed by atoms with E-state index in [2.05, 4.69) is 34.4 Å². The molecule has 2 aliphatic heterocycles. The lowest BCUT2D eigenvalue weighted by Gasteiger charge is -2.26. The van der Waals surface area contributed by atoms with Crippen molar-refractivity contribution in [3.8, 4) is 0 Å². The summed E-state index contributed by atoms with van der Waals surface area (Å²) in [7, 11) is 0. The smallest absolute Gasteiger partial charge is 0.256 e. The fraction of sp³-hybridized carbons (Fsp3) is 0.464. The van der Waals surface area contributed by atoms with Gasteiger partial charge in [-0.3, -0.25) is 14.4 Å². The first kappa shape index (κ1) is 25.7. The van der Waals surface area contributed by atoms with E-state index in [1.54, 1.807) is 18.2 Å². The standard InChI is InChI=1S/C28H37N5O3/c1-5-32(6-2)15-12-29-27(35)25-18(3)24(30-19(25)4)17-22-21-16-20(10-11-23(21)31-26(22)34)28(36)33-13-8-7-9-14-33/h10-11,16-17,30H,5-9,12-15H2,1-4H3,(H,29,35)(H,31,34). The maximum atomic E-state index is 13.0. The molecule has 0 atom stereocenters. The Hall–Kier alpha value is -3.39. The van der Waals surface area contributed by atoms with Gasteiger partial charge < -0.3 is 25.4 Å². The lowest BCUT2D eigenvalue weighted by atomic mass is 10.0. The van der Waals surface area contributed by atoms with Gasteiger partial charge in [0.2, 0.25) is 0 Å². The highest BCUT2D eigenvalue weighted by Gasteiger charge is 2.28. The molecule has 4 rings (SSSR count). The molecule has 0 bridgehead atoms.